The first-order valence-corrected chi connectivity index (χ1v) is 6.30. The molecule has 2 aliphatic rings. The highest BCUT2D eigenvalue weighted by Gasteiger charge is 2.33. The zero-order valence-electron chi connectivity index (χ0n) is 8.77. The molecule has 1 heterocycles. The van der Waals surface area contributed by atoms with E-state index in [1.807, 2.05) is 0 Å². The van der Waals surface area contributed by atoms with Crippen LogP contribution in [-0.4, -0.2) is 24.4 Å². The molecule has 0 bridgehead atoms. The van der Waals surface area contributed by atoms with E-state index in [1.54, 1.807) is 11.3 Å². The Bertz CT molecular complexity index is 393. The fourth-order valence-electron chi connectivity index (χ4n) is 1.83. The molecule has 3 nitrogen and oxygen atoms in total. The largest absolute Gasteiger partial charge is 0.348 e. The maximum Gasteiger partial charge on any atom is 0.186 e. The summed E-state index contributed by atoms with van der Waals surface area (Å²) < 4.78 is 0. The minimum atomic E-state index is 0.572. The van der Waals surface area contributed by atoms with E-state index in [9.17, 15) is 4.79 Å². The summed E-state index contributed by atoms with van der Waals surface area (Å²) in [7, 11) is 2.09. The van der Waals surface area contributed by atoms with Gasteiger partial charge in [-0.25, -0.2) is 4.98 Å². The van der Waals surface area contributed by atoms with E-state index >= 15 is 0 Å². The lowest BCUT2D eigenvalue weighted by molar-refractivity contribution is 0.112. The standard InChI is InChI=1S/C11H14N2OS/c1-13(8-4-5-8)11-12-10(7-2-3-7)9(6-14)15-11/h6-8H,2-5H2,1H3. The van der Waals surface area contributed by atoms with Crippen LogP contribution in [0.25, 0.3) is 0 Å². The van der Waals surface area contributed by atoms with Gasteiger partial charge in [0, 0.05) is 19.0 Å². The zero-order chi connectivity index (χ0) is 10.4. The molecule has 0 N–H and O–H groups in total. The summed E-state index contributed by atoms with van der Waals surface area (Å²) in [6.07, 6.45) is 5.92. The first-order valence-electron chi connectivity index (χ1n) is 5.48. The van der Waals surface area contributed by atoms with Gasteiger partial charge in [-0.05, 0) is 25.7 Å². The summed E-state index contributed by atoms with van der Waals surface area (Å²) in [6.45, 7) is 0. The van der Waals surface area contributed by atoms with Crippen molar-refractivity contribution in [2.24, 2.45) is 0 Å². The molecule has 0 amide bonds. The number of carbonyl (C=O) groups is 1. The van der Waals surface area contributed by atoms with Crippen molar-refractivity contribution in [2.45, 2.75) is 37.6 Å². The number of hydrogen-bond acceptors (Lipinski definition) is 4. The third-order valence-electron chi connectivity index (χ3n) is 3.14. The topological polar surface area (TPSA) is 33.2 Å². The van der Waals surface area contributed by atoms with Crippen LogP contribution in [0, 0.1) is 0 Å². The monoisotopic (exact) mass is 222 g/mol. The Morgan fingerprint density at radius 1 is 1.40 bits per heavy atom. The summed E-state index contributed by atoms with van der Waals surface area (Å²) in [4.78, 5) is 18.6. The lowest BCUT2D eigenvalue weighted by Crippen LogP contribution is -2.18. The van der Waals surface area contributed by atoms with E-state index in [-0.39, 0.29) is 0 Å². The van der Waals surface area contributed by atoms with Crippen molar-refractivity contribution in [1.82, 2.24) is 4.98 Å². The van der Waals surface area contributed by atoms with Crippen molar-refractivity contribution in [3.63, 3.8) is 0 Å². The predicted octanol–water partition coefficient (Wildman–Crippen LogP) is 2.43. The minimum Gasteiger partial charge on any atom is -0.348 e. The average molecular weight is 222 g/mol. The number of nitrogens with zero attached hydrogens (tertiary/aromatic N) is 2. The van der Waals surface area contributed by atoms with Crippen LogP contribution in [-0.2, 0) is 0 Å². The van der Waals surface area contributed by atoms with Gasteiger partial charge in [0.25, 0.3) is 0 Å². The first-order chi connectivity index (χ1) is 7.29. The van der Waals surface area contributed by atoms with Gasteiger partial charge in [0.2, 0.25) is 0 Å². The SMILES string of the molecule is CN(c1nc(C2CC2)c(C=O)s1)C1CC1. The normalized spacial score (nSPS) is 20.3. The molecule has 4 heteroatoms. The van der Waals surface area contributed by atoms with E-state index in [1.165, 1.54) is 25.7 Å². The van der Waals surface area contributed by atoms with E-state index in [2.05, 4.69) is 16.9 Å². The first kappa shape index (κ1) is 9.33. The maximum absolute atomic E-state index is 10.9. The summed E-state index contributed by atoms with van der Waals surface area (Å²) in [5.41, 5.74) is 1.05. The molecule has 15 heavy (non-hydrogen) atoms. The van der Waals surface area contributed by atoms with E-state index < -0.39 is 0 Å². The highest BCUT2D eigenvalue weighted by atomic mass is 32.1. The highest BCUT2D eigenvalue weighted by molar-refractivity contribution is 7.17. The Kier molecular flexibility index (Phi) is 2.06. The lowest BCUT2D eigenvalue weighted by atomic mass is 10.3. The molecule has 0 atom stereocenters. The summed E-state index contributed by atoms with van der Waals surface area (Å²) >= 11 is 1.55. The Hall–Kier alpha value is -0.900. The molecule has 2 aliphatic carbocycles. The summed E-state index contributed by atoms with van der Waals surface area (Å²) in [5, 5.41) is 1.03. The van der Waals surface area contributed by atoms with E-state index in [0.29, 0.717) is 12.0 Å². The quantitative estimate of drug-likeness (QED) is 0.734. The van der Waals surface area contributed by atoms with Gasteiger partial charge in [-0.1, -0.05) is 11.3 Å². The van der Waals surface area contributed by atoms with Crippen molar-refractivity contribution in [3.8, 4) is 0 Å². The molecule has 1 aromatic heterocycles. The molecule has 80 valence electrons. The molecule has 0 spiro atoms. The van der Waals surface area contributed by atoms with Crippen LogP contribution in [0.2, 0.25) is 0 Å². The maximum atomic E-state index is 10.9. The van der Waals surface area contributed by atoms with Gasteiger partial charge >= 0.3 is 0 Å². The second-order valence-corrected chi connectivity index (χ2v) is 5.49. The van der Waals surface area contributed by atoms with Crippen LogP contribution < -0.4 is 4.90 Å². The summed E-state index contributed by atoms with van der Waals surface area (Å²) in [6, 6.07) is 0.669. The van der Waals surface area contributed by atoms with Gasteiger partial charge < -0.3 is 4.90 Å². The van der Waals surface area contributed by atoms with E-state index in [4.69, 9.17) is 0 Å². The second-order valence-electron chi connectivity index (χ2n) is 4.48. The van der Waals surface area contributed by atoms with Crippen LogP contribution in [0.15, 0.2) is 0 Å². The third kappa shape index (κ3) is 1.67. The molecule has 3 rings (SSSR count). The number of hydrogen-bond donors (Lipinski definition) is 0. The van der Waals surface area contributed by atoms with Crippen molar-refractivity contribution in [2.75, 3.05) is 11.9 Å². The Balaban J connectivity index is 1.90. The van der Waals surface area contributed by atoms with Gasteiger partial charge in [-0.15, -0.1) is 0 Å². The number of aldehydes is 1. The van der Waals surface area contributed by atoms with Crippen LogP contribution in [0.4, 0.5) is 5.13 Å². The molecule has 0 aliphatic heterocycles. The molecule has 2 fully saturated rings. The molecular formula is C11H14N2OS. The van der Waals surface area contributed by atoms with Gasteiger partial charge in [-0.2, -0.15) is 0 Å². The fraction of sp³-hybridized carbons (Fsp3) is 0.636. The van der Waals surface area contributed by atoms with Gasteiger partial charge in [-0.3, -0.25) is 4.79 Å². The van der Waals surface area contributed by atoms with Crippen molar-refractivity contribution >= 4 is 22.8 Å². The Morgan fingerprint density at radius 2 is 2.13 bits per heavy atom. The van der Waals surface area contributed by atoms with Crippen molar-refractivity contribution < 1.29 is 4.79 Å². The molecular weight excluding hydrogens is 208 g/mol. The van der Waals surface area contributed by atoms with Gasteiger partial charge in [0.15, 0.2) is 11.4 Å². The highest BCUT2D eigenvalue weighted by Crippen LogP contribution is 2.44. The van der Waals surface area contributed by atoms with Gasteiger partial charge in [0.05, 0.1) is 10.6 Å². The molecule has 0 radical (unpaired) electrons. The number of carbonyl (C=O) groups excluding carboxylic acids is 1. The third-order valence-corrected chi connectivity index (χ3v) is 4.22. The number of thiazole rings is 1. The second kappa shape index (κ2) is 3.30. The van der Waals surface area contributed by atoms with Crippen LogP contribution in [0.1, 0.15) is 47.0 Å². The smallest absolute Gasteiger partial charge is 0.186 e. The van der Waals surface area contributed by atoms with Crippen LogP contribution >= 0.6 is 11.3 Å². The Labute approximate surface area is 93.1 Å². The predicted molar refractivity (Wildman–Crippen MR) is 60.9 cm³/mol. The molecule has 1 aromatic rings. The zero-order valence-corrected chi connectivity index (χ0v) is 9.59. The van der Waals surface area contributed by atoms with Crippen molar-refractivity contribution in [1.29, 1.82) is 0 Å². The molecule has 0 unspecified atom stereocenters. The minimum absolute atomic E-state index is 0.572. The van der Waals surface area contributed by atoms with Crippen LogP contribution in [0.3, 0.4) is 0 Å². The number of aromatic nitrogens is 1. The van der Waals surface area contributed by atoms with Crippen molar-refractivity contribution in [3.05, 3.63) is 10.6 Å². The molecule has 0 aromatic carbocycles. The molecule has 0 saturated heterocycles. The average Bonchev–Trinajstić information content (AvgIpc) is 3.12. The Morgan fingerprint density at radius 3 is 2.67 bits per heavy atom. The van der Waals surface area contributed by atoms with E-state index in [0.717, 1.165) is 22.0 Å². The number of rotatable bonds is 4. The van der Waals surface area contributed by atoms with Gasteiger partial charge in [0.1, 0.15) is 0 Å². The molecule has 2 saturated carbocycles. The fourth-order valence-corrected chi connectivity index (χ4v) is 2.83. The van der Waals surface area contributed by atoms with Crippen LogP contribution in [0.5, 0.6) is 0 Å². The lowest BCUT2D eigenvalue weighted by Gasteiger charge is -2.13. The summed E-state index contributed by atoms with van der Waals surface area (Å²) in [5.74, 6) is 0.572. The number of anilines is 1.